The summed E-state index contributed by atoms with van der Waals surface area (Å²) in [5.74, 6) is 0.679. The van der Waals surface area contributed by atoms with E-state index >= 15 is 0 Å². The molecule has 3 aromatic rings. The summed E-state index contributed by atoms with van der Waals surface area (Å²) in [5.41, 5.74) is 1.97. The maximum absolute atomic E-state index is 5.06. The van der Waals surface area contributed by atoms with E-state index in [0.29, 0.717) is 5.88 Å². The molecule has 0 fully saturated rings. The van der Waals surface area contributed by atoms with Crippen molar-refractivity contribution in [2.45, 2.75) is 0 Å². The van der Waals surface area contributed by atoms with E-state index in [4.69, 9.17) is 4.52 Å². The van der Waals surface area contributed by atoms with Gasteiger partial charge in [-0.25, -0.2) is 4.98 Å². The van der Waals surface area contributed by atoms with Gasteiger partial charge in [0.2, 0.25) is 5.88 Å². The molecular formula is C10H7N3O. The molecule has 0 aliphatic carbocycles. The first-order valence-electron chi connectivity index (χ1n) is 4.28. The molecule has 4 nitrogen and oxygen atoms in total. The Balaban J connectivity index is 2.33. The number of hydrogen-bond donors (Lipinski definition) is 0. The van der Waals surface area contributed by atoms with Gasteiger partial charge in [-0.05, 0) is 12.1 Å². The molecule has 0 atom stereocenters. The highest BCUT2D eigenvalue weighted by Gasteiger charge is 2.05. The van der Waals surface area contributed by atoms with E-state index in [9.17, 15) is 0 Å². The van der Waals surface area contributed by atoms with Crippen molar-refractivity contribution < 1.29 is 4.52 Å². The van der Waals surface area contributed by atoms with E-state index in [-0.39, 0.29) is 0 Å². The number of nitrogens with zero attached hydrogens (tertiary/aromatic N) is 3. The predicted octanol–water partition coefficient (Wildman–Crippen LogP) is 2.01. The molecule has 0 bridgehead atoms. The quantitative estimate of drug-likeness (QED) is 0.582. The molecule has 1 aromatic carbocycles. The first-order chi connectivity index (χ1) is 6.95. The summed E-state index contributed by atoms with van der Waals surface area (Å²) in [4.78, 5) is 4.25. The van der Waals surface area contributed by atoms with Gasteiger partial charge in [-0.15, -0.1) is 0 Å². The Labute approximate surface area is 79.8 Å². The second-order valence-corrected chi connectivity index (χ2v) is 2.95. The summed E-state index contributed by atoms with van der Waals surface area (Å²) >= 11 is 0. The summed E-state index contributed by atoms with van der Waals surface area (Å²) in [6, 6.07) is 9.68. The maximum Gasteiger partial charge on any atom is 0.236 e. The van der Waals surface area contributed by atoms with E-state index in [2.05, 4.69) is 10.1 Å². The fraction of sp³-hybridized carbons (Fsp3) is 0. The van der Waals surface area contributed by atoms with Crippen LogP contribution in [0, 0.1) is 0 Å². The fourth-order valence-corrected chi connectivity index (χ4v) is 1.47. The van der Waals surface area contributed by atoms with Gasteiger partial charge in [0.25, 0.3) is 0 Å². The average Bonchev–Trinajstić information content (AvgIpc) is 2.85. The molecule has 0 saturated carbocycles. The van der Waals surface area contributed by atoms with Gasteiger partial charge in [0.15, 0.2) is 0 Å². The zero-order chi connectivity index (χ0) is 9.38. The highest BCUT2D eigenvalue weighted by molar-refractivity contribution is 5.76. The van der Waals surface area contributed by atoms with Gasteiger partial charge in [-0.3, -0.25) is 4.57 Å². The van der Waals surface area contributed by atoms with Crippen molar-refractivity contribution in [2.75, 3.05) is 0 Å². The van der Waals surface area contributed by atoms with Crippen LogP contribution in [0.4, 0.5) is 0 Å². The minimum Gasteiger partial charge on any atom is -0.338 e. The van der Waals surface area contributed by atoms with E-state index in [1.54, 1.807) is 18.6 Å². The maximum atomic E-state index is 5.06. The van der Waals surface area contributed by atoms with Crippen LogP contribution in [0.5, 0.6) is 0 Å². The van der Waals surface area contributed by atoms with Crippen molar-refractivity contribution in [1.29, 1.82) is 0 Å². The van der Waals surface area contributed by atoms with Crippen LogP contribution >= 0.6 is 0 Å². The van der Waals surface area contributed by atoms with E-state index in [1.807, 2.05) is 28.8 Å². The highest BCUT2D eigenvalue weighted by Crippen LogP contribution is 2.16. The first kappa shape index (κ1) is 7.32. The van der Waals surface area contributed by atoms with Crippen LogP contribution in [-0.2, 0) is 0 Å². The van der Waals surface area contributed by atoms with Crippen molar-refractivity contribution in [3.8, 4) is 5.88 Å². The van der Waals surface area contributed by atoms with Gasteiger partial charge in [0.05, 0.1) is 17.2 Å². The average molecular weight is 185 g/mol. The van der Waals surface area contributed by atoms with Gasteiger partial charge >= 0.3 is 0 Å². The summed E-state index contributed by atoms with van der Waals surface area (Å²) in [7, 11) is 0. The van der Waals surface area contributed by atoms with E-state index < -0.39 is 0 Å². The largest absolute Gasteiger partial charge is 0.338 e. The first-order valence-corrected chi connectivity index (χ1v) is 4.28. The predicted molar refractivity (Wildman–Crippen MR) is 51.1 cm³/mol. The lowest BCUT2D eigenvalue weighted by atomic mass is 10.3. The molecule has 68 valence electrons. The minimum atomic E-state index is 0.679. The fourth-order valence-electron chi connectivity index (χ4n) is 1.47. The van der Waals surface area contributed by atoms with Crippen LogP contribution in [-0.4, -0.2) is 14.7 Å². The summed E-state index contributed by atoms with van der Waals surface area (Å²) in [5, 5.41) is 3.66. The Morgan fingerprint density at radius 2 is 2.07 bits per heavy atom. The second kappa shape index (κ2) is 2.70. The van der Waals surface area contributed by atoms with Crippen LogP contribution in [0.2, 0.25) is 0 Å². The van der Waals surface area contributed by atoms with Crippen molar-refractivity contribution in [3.05, 3.63) is 42.9 Å². The smallest absolute Gasteiger partial charge is 0.236 e. The number of para-hydroxylation sites is 2. The number of aromatic nitrogens is 3. The third-order valence-electron chi connectivity index (χ3n) is 2.12. The number of imidazole rings is 1. The second-order valence-electron chi connectivity index (χ2n) is 2.95. The molecule has 2 aromatic heterocycles. The SMILES string of the molecule is c1ccc2c(c1)ncn2-c1ccno1. The van der Waals surface area contributed by atoms with Gasteiger partial charge in [0, 0.05) is 6.07 Å². The van der Waals surface area contributed by atoms with E-state index in [1.165, 1.54) is 0 Å². The van der Waals surface area contributed by atoms with Crippen LogP contribution in [0.25, 0.3) is 16.9 Å². The Morgan fingerprint density at radius 1 is 1.14 bits per heavy atom. The minimum absolute atomic E-state index is 0.679. The third kappa shape index (κ3) is 0.939. The normalized spacial score (nSPS) is 10.9. The van der Waals surface area contributed by atoms with Gasteiger partial charge in [-0.1, -0.05) is 17.3 Å². The molecule has 0 aliphatic heterocycles. The zero-order valence-corrected chi connectivity index (χ0v) is 7.29. The molecular weight excluding hydrogens is 178 g/mol. The van der Waals surface area contributed by atoms with Gasteiger partial charge in [-0.2, -0.15) is 0 Å². The lowest BCUT2D eigenvalue weighted by molar-refractivity contribution is 0.408. The molecule has 0 unspecified atom stereocenters. The van der Waals surface area contributed by atoms with Crippen LogP contribution in [0.15, 0.2) is 47.4 Å². The van der Waals surface area contributed by atoms with Crippen molar-refractivity contribution >= 4 is 11.0 Å². The van der Waals surface area contributed by atoms with Crippen molar-refractivity contribution in [1.82, 2.24) is 14.7 Å². The molecule has 0 saturated heterocycles. The number of hydrogen-bond acceptors (Lipinski definition) is 3. The van der Waals surface area contributed by atoms with Crippen molar-refractivity contribution in [3.63, 3.8) is 0 Å². The van der Waals surface area contributed by atoms with Gasteiger partial charge < -0.3 is 4.52 Å². The standard InChI is InChI=1S/C10H7N3O/c1-2-4-9-8(3-1)11-7-13(9)10-5-6-12-14-10/h1-7H. The molecule has 3 rings (SSSR count). The Hall–Kier alpha value is -2.10. The molecule has 2 heterocycles. The molecule has 0 N–H and O–H groups in total. The lowest BCUT2D eigenvalue weighted by Crippen LogP contribution is -1.87. The van der Waals surface area contributed by atoms with Crippen LogP contribution < -0.4 is 0 Å². The van der Waals surface area contributed by atoms with Crippen molar-refractivity contribution in [2.24, 2.45) is 0 Å². The molecule has 0 amide bonds. The highest BCUT2D eigenvalue weighted by atomic mass is 16.5. The molecule has 0 aliphatic rings. The van der Waals surface area contributed by atoms with Gasteiger partial charge in [0.1, 0.15) is 6.33 Å². The molecule has 4 heteroatoms. The summed E-state index contributed by atoms with van der Waals surface area (Å²) < 4.78 is 6.92. The topological polar surface area (TPSA) is 43.9 Å². The van der Waals surface area contributed by atoms with E-state index in [0.717, 1.165) is 11.0 Å². The zero-order valence-electron chi connectivity index (χ0n) is 7.29. The number of fused-ring (bicyclic) bond motifs is 1. The lowest BCUT2D eigenvalue weighted by Gasteiger charge is -1.95. The molecule has 0 radical (unpaired) electrons. The molecule has 0 spiro atoms. The number of rotatable bonds is 1. The summed E-state index contributed by atoms with van der Waals surface area (Å²) in [6.07, 6.45) is 3.34. The number of benzene rings is 1. The van der Waals surface area contributed by atoms with Crippen LogP contribution in [0.3, 0.4) is 0 Å². The monoisotopic (exact) mass is 185 g/mol. The third-order valence-corrected chi connectivity index (χ3v) is 2.12. The Bertz CT molecular complexity index is 554. The van der Waals surface area contributed by atoms with Crippen LogP contribution in [0.1, 0.15) is 0 Å². The Kier molecular flexibility index (Phi) is 1.41. The molecule has 14 heavy (non-hydrogen) atoms. The summed E-state index contributed by atoms with van der Waals surface area (Å²) in [6.45, 7) is 0. The Morgan fingerprint density at radius 3 is 2.93 bits per heavy atom.